The van der Waals surface area contributed by atoms with E-state index in [0.29, 0.717) is 5.82 Å². The van der Waals surface area contributed by atoms with Crippen LogP contribution in [0.1, 0.15) is 11.3 Å². The molecule has 2 N–H and O–H groups in total. The van der Waals surface area contributed by atoms with E-state index in [9.17, 15) is 0 Å². The summed E-state index contributed by atoms with van der Waals surface area (Å²) >= 11 is 1.58. The Morgan fingerprint density at radius 3 is 3.00 bits per heavy atom. The number of hydrogen-bond donors (Lipinski definition) is 1. The van der Waals surface area contributed by atoms with Crippen LogP contribution in [0.3, 0.4) is 0 Å². The molecular weight excluding hydrogens is 210 g/mol. The highest BCUT2D eigenvalue weighted by atomic mass is 32.2. The molecule has 0 amide bonds. The quantitative estimate of drug-likeness (QED) is 0.636. The van der Waals surface area contributed by atoms with Crippen molar-refractivity contribution in [3.05, 3.63) is 36.0 Å². The van der Waals surface area contributed by atoms with E-state index in [1.165, 1.54) is 6.33 Å². The van der Waals surface area contributed by atoms with E-state index in [4.69, 9.17) is 10.2 Å². The van der Waals surface area contributed by atoms with Crippen molar-refractivity contribution in [2.45, 2.75) is 17.7 Å². The first kappa shape index (κ1) is 10.0. The van der Waals surface area contributed by atoms with Crippen LogP contribution in [0.25, 0.3) is 0 Å². The van der Waals surface area contributed by atoms with Gasteiger partial charge in [-0.05, 0) is 18.6 Å². The van der Waals surface area contributed by atoms with Crippen LogP contribution < -0.4 is 5.73 Å². The Bertz CT molecular complexity index is 455. The average Bonchev–Trinajstić information content (AvgIpc) is 2.61. The van der Waals surface area contributed by atoms with Crippen molar-refractivity contribution in [2.75, 3.05) is 5.73 Å². The molecule has 0 fully saturated rings. The molecule has 15 heavy (non-hydrogen) atoms. The number of aryl methyl sites for hydroxylation is 1. The summed E-state index contributed by atoms with van der Waals surface area (Å²) in [6, 6.07) is 3.70. The van der Waals surface area contributed by atoms with E-state index >= 15 is 0 Å². The van der Waals surface area contributed by atoms with E-state index in [1.54, 1.807) is 24.1 Å². The number of nitrogens with two attached hydrogens (primary N) is 1. The Balaban J connectivity index is 2.02. The predicted octanol–water partition coefficient (Wildman–Crippen LogP) is 2.25. The zero-order valence-electron chi connectivity index (χ0n) is 8.30. The molecule has 78 valence electrons. The molecule has 2 heterocycles. The summed E-state index contributed by atoms with van der Waals surface area (Å²) in [5.41, 5.74) is 6.71. The molecule has 0 saturated heterocycles. The molecule has 5 heteroatoms. The van der Waals surface area contributed by atoms with Gasteiger partial charge in [0.05, 0.1) is 12.0 Å². The van der Waals surface area contributed by atoms with Gasteiger partial charge in [0.15, 0.2) is 0 Å². The van der Waals surface area contributed by atoms with E-state index in [1.807, 2.05) is 13.0 Å². The Morgan fingerprint density at radius 1 is 1.47 bits per heavy atom. The number of aromatic nitrogens is 2. The van der Waals surface area contributed by atoms with Gasteiger partial charge in [-0.2, -0.15) is 0 Å². The summed E-state index contributed by atoms with van der Waals surface area (Å²) in [4.78, 5) is 7.93. The van der Waals surface area contributed by atoms with Crippen molar-refractivity contribution in [1.82, 2.24) is 9.97 Å². The molecule has 2 aromatic heterocycles. The molecule has 0 aliphatic rings. The van der Waals surface area contributed by atoms with Crippen molar-refractivity contribution < 1.29 is 4.42 Å². The smallest absolute Gasteiger partial charge is 0.127 e. The third kappa shape index (κ3) is 2.50. The first-order valence-electron chi connectivity index (χ1n) is 4.49. The standard InChI is InChI=1S/C10H11N3OS/c1-7-2-3-14-8(7)5-15-10-4-9(11)12-6-13-10/h2-4,6H,5H2,1H3,(H2,11,12,13). The van der Waals surface area contributed by atoms with Crippen LogP contribution in [0.2, 0.25) is 0 Å². The fourth-order valence-electron chi connectivity index (χ4n) is 1.12. The third-order valence-corrected chi connectivity index (χ3v) is 2.91. The predicted molar refractivity (Wildman–Crippen MR) is 59.5 cm³/mol. The van der Waals surface area contributed by atoms with Crippen molar-refractivity contribution in [3.63, 3.8) is 0 Å². The average molecular weight is 221 g/mol. The molecular formula is C10H11N3OS. The second-order valence-corrected chi connectivity index (χ2v) is 4.09. The summed E-state index contributed by atoms with van der Waals surface area (Å²) in [6.07, 6.45) is 3.16. The maximum Gasteiger partial charge on any atom is 0.127 e. The SMILES string of the molecule is Cc1ccoc1CSc1cc(N)ncn1. The second kappa shape index (κ2) is 4.35. The first-order valence-corrected chi connectivity index (χ1v) is 5.47. The topological polar surface area (TPSA) is 64.9 Å². The van der Waals surface area contributed by atoms with Crippen molar-refractivity contribution >= 4 is 17.6 Å². The van der Waals surface area contributed by atoms with E-state index in [0.717, 1.165) is 22.1 Å². The number of anilines is 1. The number of furan rings is 1. The number of hydrogen-bond acceptors (Lipinski definition) is 5. The highest BCUT2D eigenvalue weighted by molar-refractivity contribution is 7.98. The van der Waals surface area contributed by atoms with Crippen LogP contribution in [0.15, 0.2) is 34.2 Å². The Morgan fingerprint density at radius 2 is 2.33 bits per heavy atom. The monoisotopic (exact) mass is 221 g/mol. The summed E-state index contributed by atoms with van der Waals surface area (Å²) < 4.78 is 5.32. The van der Waals surface area contributed by atoms with E-state index in [-0.39, 0.29) is 0 Å². The molecule has 0 atom stereocenters. The Hall–Kier alpha value is -1.49. The van der Waals surface area contributed by atoms with Crippen LogP contribution >= 0.6 is 11.8 Å². The van der Waals surface area contributed by atoms with Gasteiger partial charge in [-0.3, -0.25) is 0 Å². The summed E-state index contributed by atoms with van der Waals surface area (Å²) in [5.74, 6) is 2.22. The Kier molecular flexibility index (Phi) is 2.91. The lowest BCUT2D eigenvalue weighted by Crippen LogP contribution is -1.91. The summed E-state index contributed by atoms with van der Waals surface area (Å²) in [5, 5.41) is 0.860. The molecule has 0 unspecified atom stereocenters. The van der Waals surface area contributed by atoms with Crippen LogP contribution in [0.5, 0.6) is 0 Å². The molecule has 4 nitrogen and oxygen atoms in total. The molecule has 0 saturated carbocycles. The van der Waals surface area contributed by atoms with Gasteiger partial charge in [-0.25, -0.2) is 9.97 Å². The minimum absolute atomic E-state index is 0.490. The van der Waals surface area contributed by atoms with E-state index < -0.39 is 0 Å². The maximum atomic E-state index is 5.55. The van der Waals surface area contributed by atoms with Gasteiger partial charge in [0.1, 0.15) is 22.9 Å². The lowest BCUT2D eigenvalue weighted by atomic mass is 10.3. The number of nitrogens with zero attached hydrogens (tertiary/aromatic N) is 2. The van der Waals surface area contributed by atoms with Crippen molar-refractivity contribution in [1.29, 1.82) is 0 Å². The van der Waals surface area contributed by atoms with E-state index in [2.05, 4.69) is 9.97 Å². The van der Waals surface area contributed by atoms with Gasteiger partial charge >= 0.3 is 0 Å². The molecule has 2 aromatic rings. The molecule has 0 radical (unpaired) electrons. The molecule has 0 spiro atoms. The minimum Gasteiger partial charge on any atom is -0.468 e. The lowest BCUT2D eigenvalue weighted by Gasteiger charge is -1.99. The van der Waals surface area contributed by atoms with Gasteiger partial charge < -0.3 is 10.2 Å². The fourth-order valence-corrected chi connectivity index (χ4v) is 2.02. The van der Waals surface area contributed by atoms with Crippen LogP contribution in [0, 0.1) is 6.92 Å². The van der Waals surface area contributed by atoms with Crippen molar-refractivity contribution in [2.24, 2.45) is 0 Å². The van der Waals surface area contributed by atoms with Crippen LogP contribution in [-0.2, 0) is 5.75 Å². The normalized spacial score (nSPS) is 10.5. The molecule has 0 bridgehead atoms. The van der Waals surface area contributed by atoms with Crippen LogP contribution in [0.4, 0.5) is 5.82 Å². The lowest BCUT2D eigenvalue weighted by molar-refractivity contribution is 0.528. The van der Waals surface area contributed by atoms with Gasteiger partial charge in [-0.15, -0.1) is 0 Å². The molecule has 2 rings (SSSR count). The van der Waals surface area contributed by atoms with Gasteiger partial charge in [0.25, 0.3) is 0 Å². The zero-order chi connectivity index (χ0) is 10.7. The summed E-state index contributed by atoms with van der Waals surface area (Å²) in [6.45, 7) is 2.02. The molecule has 0 aliphatic carbocycles. The molecule has 0 aliphatic heterocycles. The minimum atomic E-state index is 0.490. The zero-order valence-corrected chi connectivity index (χ0v) is 9.12. The first-order chi connectivity index (χ1) is 7.25. The van der Waals surface area contributed by atoms with Gasteiger partial charge in [-0.1, -0.05) is 11.8 Å². The highest BCUT2D eigenvalue weighted by Crippen LogP contribution is 2.23. The third-order valence-electron chi connectivity index (χ3n) is 1.98. The largest absolute Gasteiger partial charge is 0.468 e. The maximum absolute atomic E-state index is 5.55. The number of rotatable bonds is 3. The van der Waals surface area contributed by atoms with Crippen molar-refractivity contribution in [3.8, 4) is 0 Å². The van der Waals surface area contributed by atoms with Crippen LogP contribution in [-0.4, -0.2) is 9.97 Å². The second-order valence-electron chi connectivity index (χ2n) is 3.10. The number of nitrogen functional groups attached to an aromatic ring is 1. The molecule has 0 aromatic carbocycles. The highest BCUT2D eigenvalue weighted by Gasteiger charge is 2.03. The number of thioether (sulfide) groups is 1. The summed E-state index contributed by atoms with van der Waals surface area (Å²) in [7, 11) is 0. The fraction of sp³-hybridized carbons (Fsp3) is 0.200. The Labute approximate surface area is 91.9 Å². The van der Waals surface area contributed by atoms with Gasteiger partial charge in [0.2, 0.25) is 0 Å². The van der Waals surface area contributed by atoms with Gasteiger partial charge in [0, 0.05) is 6.07 Å².